The third-order valence-corrected chi connectivity index (χ3v) is 3.90. The minimum absolute atomic E-state index is 0.502. The molecule has 108 valence electrons. The van der Waals surface area contributed by atoms with Crippen LogP contribution in [-0.4, -0.2) is 19.1 Å². The van der Waals surface area contributed by atoms with Gasteiger partial charge in [0.2, 0.25) is 0 Å². The Labute approximate surface area is 127 Å². The Morgan fingerprint density at radius 2 is 1.86 bits per heavy atom. The van der Waals surface area contributed by atoms with E-state index in [-0.39, 0.29) is 0 Å². The molecule has 2 heteroatoms. The average Bonchev–Trinajstić information content (AvgIpc) is 2.68. The molecule has 1 atom stereocenters. The van der Waals surface area contributed by atoms with Crippen LogP contribution in [0.4, 0.5) is 5.69 Å². The Morgan fingerprint density at radius 3 is 2.71 bits per heavy atom. The van der Waals surface area contributed by atoms with E-state index in [0.717, 1.165) is 19.6 Å². The quantitative estimate of drug-likeness (QED) is 0.921. The minimum atomic E-state index is 0.502. The van der Waals surface area contributed by atoms with Gasteiger partial charge >= 0.3 is 0 Å². The van der Waals surface area contributed by atoms with Crippen molar-refractivity contribution in [1.29, 1.82) is 0 Å². The number of para-hydroxylation sites is 1. The molecule has 21 heavy (non-hydrogen) atoms. The molecule has 0 bridgehead atoms. The van der Waals surface area contributed by atoms with Crippen LogP contribution < -0.4 is 10.2 Å². The zero-order valence-electron chi connectivity index (χ0n) is 12.5. The summed E-state index contributed by atoms with van der Waals surface area (Å²) in [5.74, 6) is 0. The molecule has 0 aliphatic carbocycles. The smallest absolute Gasteiger partial charge is 0.0415 e. The fourth-order valence-corrected chi connectivity index (χ4v) is 2.80. The summed E-state index contributed by atoms with van der Waals surface area (Å²) in [6.45, 7) is 5.18. The van der Waals surface area contributed by atoms with Gasteiger partial charge in [-0.1, -0.05) is 60.7 Å². The lowest BCUT2D eigenvalue weighted by Gasteiger charge is -2.25. The highest BCUT2D eigenvalue weighted by atomic mass is 15.2. The highest BCUT2D eigenvalue weighted by Crippen LogP contribution is 2.23. The molecule has 0 radical (unpaired) electrons. The van der Waals surface area contributed by atoms with Crippen molar-refractivity contribution >= 4 is 11.8 Å². The number of hydrogen-bond acceptors (Lipinski definition) is 2. The Bertz CT molecular complexity index is 604. The predicted molar refractivity (Wildman–Crippen MR) is 90.4 cm³/mol. The summed E-state index contributed by atoms with van der Waals surface area (Å²) in [5.41, 5.74) is 3.99. The maximum absolute atomic E-state index is 3.57. The van der Waals surface area contributed by atoms with Gasteiger partial charge in [0, 0.05) is 31.4 Å². The monoisotopic (exact) mass is 278 g/mol. The fourth-order valence-electron chi connectivity index (χ4n) is 2.80. The second-order valence-electron chi connectivity index (χ2n) is 5.63. The van der Waals surface area contributed by atoms with Gasteiger partial charge in [0.15, 0.2) is 0 Å². The van der Waals surface area contributed by atoms with Crippen molar-refractivity contribution in [3.63, 3.8) is 0 Å². The van der Waals surface area contributed by atoms with E-state index in [1.54, 1.807) is 0 Å². The second-order valence-corrected chi connectivity index (χ2v) is 5.63. The van der Waals surface area contributed by atoms with Gasteiger partial charge in [0.25, 0.3) is 0 Å². The number of fused-ring (bicyclic) bond motifs is 1. The van der Waals surface area contributed by atoms with Crippen molar-refractivity contribution in [2.45, 2.75) is 19.5 Å². The number of hydrogen-bond donors (Lipinski definition) is 1. The van der Waals surface area contributed by atoms with Gasteiger partial charge < -0.3 is 10.2 Å². The molecular weight excluding hydrogens is 256 g/mol. The summed E-state index contributed by atoms with van der Waals surface area (Å²) in [6.07, 6.45) is 4.45. The molecule has 2 aromatic rings. The molecule has 2 nitrogen and oxygen atoms in total. The molecular formula is C19H22N2. The number of nitrogens with one attached hydrogen (secondary N) is 1. The highest BCUT2D eigenvalue weighted by Gasteiger charge is 2.17. The number of anilines is 1. The standard InChI is InChI=1S/C19H22N2/c1-16-15-21(13-7-10-17-8-3-2-4-9-17)19-12-6-5-11-18(19)14-20-16/h2-12,16,20H,13-15H2,1H3/b10-7+. The van der Waals surface area contributed by atoms with Gasteiger partial charge in [-0.25, -0.2) is 0 Å². The van der Waals surface area contributed by atoms with Crippen LogP contribution in [0.5, 0.6) is 0 Å². The van der Waals surface area contributed by atoms with Gasteiger partial charge in [-0.05, 0) is 24.1 Å². The molecule has 0 fully saturated rings. The van der Waals surface area contributed by atoms with E-state index >= 15 is 0 Å². The third kappa shape index (κ3) is 3.53. The Balaban J connectivity index is 1.76. The Hall–Kier alpha value is -2.06. The van der Waals surface area contributed by atoms with Crippen molar-refractivity contribution < 1.29 is 0 Å². The molecule has 0 amide bonds. The van der Waals surface area contributed by atoms with E-state index in [0.29, 0.717) is 6.04 Å². The van der Waals surface area contributed by atoms with Crippen LogP contribution >= 0.6 is 0 Å². The van der Waals surface area contributed by atoms with Crippen molar-refractivity contribution in [2.24, 2.45) is 0 Å². The lowest BCUT2D eigenvalue weighted by atomic mass is 10.1. The molecule has 0 saturated heterocycles. The van der Waals surface area contributed by atoms with Crippen LogP contribution in [-0.2, 0) is 6.54 Å². The van der Waals surface area contributed by atoms with Crippen molar-refractivity contribution in [3.05, 3.63) is 71.8 Å². The molecule has 1 unspecified atom stereocenters. The van der Waals surface area contributed by atoms with Gasteiger partial charge in [0.1, 0.15) is 0 Å². The first-order chi connectivity index (χ1) is 10.3. The molecule has 0 aromatic heterocycles. The fraction of sp³-hybridized carbons (Fsp3) is 0.263. The summed E-state index contributed by atoms with van der Waals surface area (Å²) in [6, 6.07) is 19.7. The molecule has 3 rings (SSSR count). The maximum Gasteiger partial charge on any atom is 0.0415 e. The van der Waals surface area contributed by atoms with Crippen LogP contribution in [0.25, 0.3) is 6.08 Å². The van der Waals surface area contributed by atoms with Gasteiger partial charge in [-0.3, -0.25) is 0 Å². The van der Waals surface area contributed by atoms with Crippen molar-refractivity contribution in [2.75, 3.05) is 18.0 Å². The largest absolute Gasteiger partial charge is 0.366 e. The average molecular weight is 278 g/mol. The minimum Gasteiger partial charge on any atom is -0.366 e. The summed E-state index contributed by atoms with van der Waals surface area (Å²) >= 11 is 0. The molecule has 0 saturated carbocycles. The van der Waals surface area contributed by atoms with Gasteiger partial charge in [-0.2, -0.15) is 0 Å². The first-order valence-electron chi connectivity index (χ1n) is 7.61. The molecule has 2 aromatic carbocycles. The normalized spacial score (nSPS) is 18.5. The molecule has 1 aliphatic rings. The highest BCUT2D eigenvalue weighted by molar-refractivity contribution is 5.56. The zero-order valence-corrected chi connectivity index (χ0v) is 12.5. The van der Waals surface area contributed by atoms with E-state index in [4.69, 9.17) is 0 Å². The summed E-state index contributed by atoms with van der Waals surface area (Å²) in [7, 11) is 0. The lowest BCUT2D eigenvalue weighted by Crippen LogP contribution is -2.36. The topological polar surface area (TPSA) is 15.3 Å². The molecule has 0 spiro atoms. The lowest BCUT2D eigenvalue weighted by molar-refractivity contribution is 0.559. The summed E-state index contributed by atoms with van der Waals surface area (Å²) in [5, 5.41) is 3.57. The summed E-state index contributed by atoms with van der Waals surface area (Å²) in [4.78, 5) is 2.46. The predicted octanol–water partition coefficient (Wildman–Crippen LogP) is 3.70. The molecule has 1 heterocycles. The zero-order chi connectivity index (χ0) is 14.5. The third-order valence-electron chi connectivity index (χ3n) is 3.90. The maximum atomic E-state index is 3.57. The number of nitrogens with zero attached hydrogens (tertiary/aromatic N) is 1. The molecule has 1 aliphatic heterocycles. The molecule has 1 N–H and O–H groups in total. The van der Waals surface area contributed by atoms with Crippen molar-refractivity contribution in [1.82, 2.24) is 5.32 Å². The van der Waals surface area contributed by atoms with E-state index in [2.05, 4.69) is 83.9 Å². The van der Waals surface area contributed by atoms with E-state index in [1.807, 2.05) is 0 Å². The first-order valence-corrected chi connectivity index (χ1v) is 7.61. The summed E-state index contributed by atoms with van der Waals surface area (Å²) < 4.78 is 0. The van der Waals surface area contributed by atoms with E-state index in [9.17, 15) is 0 Å². The van der Waals surface area contributed by atoms with Crippen LogP contribution in [0.3, 0.4) is 0 Å². The van der Waals surface area contributed by atoms with E-state index < -0.39 is 0 Å². The van der Waals surface area contributed by atoms with Gasteiger partial charge in [0.05, 0.1) is 0 Å². The van der Waals surface area contributed by atoms with Crippen LogP contribution in [0.2, 0.25) is 0 Å². The van der Waals surface area contributed by atoms with E-state index in [1.165, 1.54) is 16.8 Å². The Kier molecular flexibility index (Phi) is 4.37. The Morgan fingerprint density at radius 1 is 1.10 bits per heavy atom. The van der Waals surface area contributed by atoms with Crippen LogP contribution in [0.1, 0.15) is 18.1 Å². The SMILES string of the molecule is CC1CN(C/C=C/c2ccccc2)c2ccccc2CN1. The number of rotatable bonds is 3. The van der Waals surface area contributed by atoms with Crippen molar-refractivity contribution in [3.8, 4) is 0 Å². The number of benzene rings is 2. The second kappa shape index (κ2) is 6.59. The van der Waals surface area contributed by atoms with Gasteiger partial charge in [-0.15, -0.1) is 0 Å². The first kappa shape index (κ1) is 13.9. The van der Waals surface area contributed by atoms with Crippen LogP contribution in [0.15, 0.2) is 60.7 Å². The van der Waals surface area contributed by atoms with Crippen LogP contribution in [0, 0.1) is 0 Å².